The number of aromatic nitrogens is 1. The molecule has 8 heteroatoms. The summed E-state index contributed by atoms with van der Waals surface area (Å²) in [6, 6.07) is 19.1. The Morgan fingerprint density at radius 1 is 1.18 bits per heavy atom. The highest BCUT2D eigenvalue weighted by molar-refractivity contribution is 7.15. The van der Waals surface area contributed by atoms with Crippen molar-refractivity contribution in [2.45, 2.75) is 38.6 Å². The molecule has 2 amide bonds. The summed E-state index contributed by atoms with van der Waals surface area (Å²) in [4.78, 5) is 31.2. The van der Waals surface area contributed by atoms with Crippen molar-refractivity contribution in [3.8, 4) is 16.5 Å². The molecule has 7 nitrogen and oxygen atoms in total. The van der Waals surface area contributed by atoms with Gasteiger partial charge < -0.3 is 16.8 Å². The predicted octanol–water partition coefficient (Wildman–Crippen LogP) is 3.10. The first-order valence-corrected chi connectivity index (χ1v) is 12.0. The Balaban J connectivity index is 2.02. The maximum absolute atomic E-state index is 13.0. The molecule has 2 aromatic carbocycles. The quantitative estimate of drug-likeness (QED) is 0.414. The van der Waals surface area contributed by atoms with Crippen molar-refractivity contribution in [3.05, 3.63) is 76.4 Å². The average molecular weight is 476 g/mol. The van der Waals surface area contributed by atoms with Gasteiger partial charge in [-0.05, 0) is 43.1 Å². The van der Waals surface area contributed by atoms with Gasteiger partial charge in [0, 0.05) is 18.8 Å². The Hall–Kier alpha value is -3.54. The average Bonchev–Trinajstić information content (AvgIpc) is 3.22. The van der Waals surface area contributed by atoms with Crippen LogP contribution in [0.2, 0.25) is 0 Å². The van der Waals surface area contributed by atoms with Gasteiger partial charge in [0.2, 0.25) is 11.8 Å². The summed E-state index contributed by atoms with van der Waals surface area (Å²) < 4.78 is 0. The minimum atomic E-state index is -1.39. The third-order valence-electron chi connectivity index (χ3n) is 5.98. The number of aryl methyl sites for hydroxylation is 1. The fraction of sp³-hybridized carbons (Fsp3) is 0.308. The fourth-order valence-corrected chi connectivity index (χ4v) is 5.23. The molecule has 176 valence electrons. The standard InChI is InChI=1S/C26H29N5O2S/c1-3-22(32)31-26(25(29)33,21(16-28)13-18-7-5-4-6-8-18)14-23-30-17(2)24(34-23)20-11-9-19(15-27)10-12-20/h4-12,21H,3,13-14,16,28H2,1-2H3,(H2,29,33)(H,31,32)/t21-,26?/m0/s1. The second kappa shape index (κ2) is 11.1. The zero-order valence-corrected chi connectivity index (χ0v) is 20.2. The number of amides is 2. The van der Waals surface area contributed by atoms with Crippen molar-refractivity contribution in [1.82, 2.24) is 10.3 Å². The number of hydrogen-bond acceptors (Lipinski definition) is 6. The molecular weight excluding hydrogens is 446 g/mol. The normalized spacial score (nSPS) is 13.5. The molecule has 5 N–H and O–H groups in total. The van der Waals surface area contributed by atoms with Gasteiger partial charge >= 0.3 is 0 Å². The minimum absolute atomic E-state index is 0.143. The molecule has 0 saturated carbocycles. The Kier molecular flexibility index (Phi) is 8.16. The van der Waals surface area contributed by atoms with E-state index in [-0.39, 0.29) is 25.3 Å². The summed E-state index contributed by atoms with van der Waals surface area (Å²) in [5.41, 5.74) is 14.1. The highest BCUT2D eigenvalue weighted by atomic mass is 32.1. The van der Waals surface area contributed by atoms with E-state index in [2.05, 4.69) is 11.4 Å². The van der Waals surface area contributed by atoms with Crippen molar-refractivity contribution in [2.24, 2.45) is 17.4 Å². The number of nitrogens with zero attached hydrogens (tertiary/aromatic N) is 2. The summed E-state index contributed by atoms with van der Waals surface area (Å²) in [5, 5.41) is 12.7. The van der Waals surface area contributed by atoms with Crippen LogP contribution in [-0.2, 0) is 22.4 Å². The number of nitriles is 1. The van der Waals surface area contributed by atoms with Gasteiger partial charge in [-0.1, -0.05) is 49.4 Å². The van der Waals surface area contributed by atoms with Crippen LogP contribution in [-0.4, -0.2) is 28.9 Å². The van der Waals surface area contributed by atoms with Gasteiger partial charge in [0.15, 0.2) is 0 Å². The fourth-order valence-electron chi connectivity index (χ4n) is 4.07. The number of thiazole rings is 1. The summed E-state index contributed by atoms with van der Waals surface area (Å²) >= 11 is 1.45. The van der Waals surface area contributed by atoms with E-state index in [1.54, 1.807) is 19.1 Å². The molecular formula is C26H29N5O2S. The van der Waals surface area contributed by atoms with Crippen LogP contribution in [0.15, 0.2) is 54.6 Å². The topological polar surface area (TPSA) is 135 Å². The van der Waals surface area contributed by atoms with E-state index < -0.39 is 17.4 Å². The van der Waals surface area contributed by atoms with Gasteiger partial charge in [-0.15, -0.1) is 11.3 Å². The first kappa shape index (κ1) is 25.1. The van der Waals surface area contributed by atoms with Crippen LogP contribution in [0, 0.1) is 24.2 Å². The lowest BCUT2D eigenvalue weighted by molar-refractivity contribution is -0.133. The Labute approximate surface area is 203 Å². The van der Waals surface area contributed by atoms with Crippen molar-refractivity contribution in [2.75, 3.05) is 6.54 Å². The Morgan fingerprint density at radius 3 is 2.41 bits per heavy atom. The van der Waals surface area contributed by atoms with Crippen LogP contribution >= 0.6 is 11.3 Å². The zero-order chi connectivity index (χ0) is 24.7. The van der Waals surface area contributed by atoms with Gasteiger partial charge in [-0.25, -0.2) is 4.98 Å². The van der Waals surface area contributed by atoms with E-state index >= 15 is 0 Å². The van der Waals surface area contributed by atoms with Crippen molar-refractivity contribution in [1.29, 1.82) is 5.26 Å². The summed E-state index contributed by atoms with van der Waals surface area (Å²) in [6.45, 7) is 3.79. The van der Waals surface area contributed by atoms with E-state index in [0.29, 0.717) is 17.0 Å². The molecule has 1 heterocycles. The number of primary amides is 1. The van der Waals surface area contributed by atoms with E-state index in [1.807, 2.05) is 49.4 Å². The van der Waals surface area contributed by atoms with Crippen molar-refractivity contribution < 1.29 is 9.59 Å². The third-order valence-corrected chi connectivity index (χ3v) is 7.18. The van der Waals surface area contributed by atoms with Crippen molar-refractivity contribution >= 4 is 23.2 Å². The number of carbonyl (C=O) groups excluding carboxylic acids is 2. The summed E-state index contributed by atoms with van der Waals surface area (Å²) in [5.74, 6) is -1.33. The lowest BCUT2D eigenvalue weighted by Crippen LogP contribution is -2.65. The lowest BCUT2D eigenvalue weighted by atomic mass is 9.76. The van der Waals surface area contributed by atoms with Gasteiger partial charge in [-0.3, -0.25) is 9.59 Å². The smallest absolute Gasteiger partial charge is 0.243 e. The molecule has 0 saturated heterocycles. The molecule has 0 spiro atoms. The number of rotatable bonds is 10. The molecule has 0 radical (unpaired) electrons. The Bertz CT molecular complexity index is 1180. The molecule has 0 aliphatic rings. The molecule has 0 aliphatic carbocycles. The molecule has 0 bridgehead atoms. The van der Waals surface area contributed by atoms with Gasteiger partial charge in [-0.2, -0.15) is 5.26 Å². The van der Waals surface area contributed by atoms with Crippen LogP contribution < -0.4 is 16.8 Å². The van der Waals surface area contributed by atoms with Gasteiger partial charge in [0.05, 0.1) is 27.2 Å². The first-order chi connectivity index (χ1) is 16.3. The third kappa shape index (κ3) is 5.50. The predicted molar refractivity (Wildman–Crippen MR) is 134 cm³/mol. The first-order valence-electron chi connectivity index (χ1n) is 11.1. The number of hydrogen-bond donors (Lipinski definition) is 3. The maximum Gasteiger partial charge on any atom is 0.243 e. The van der Waals surface area contributed by atoms with Crippen LogP contribution in [0.1, 0.15) is 35.2 Å². The van der Waals surface area contributed by atoms with E-state index in [4.69, 9.17) is 21.7 Å². The highest BCUT2D eigenvalue weighted by Crippen LogP contribution is 2.34. The van der Waals surface area contributed by atoms with Gasteiger partial charge in [0.25, 0.3) is 0 Å². The maximum atomic E-state index is 13.0. The van der Waals surface area contributed by atoms with Crippen molar-refractivity contribution in [3.63, 3.8) is 0 Å². The van der Waals surface area contributed by atoms with Gasteiger partial charge in [0.1, 0.15) is 5.54 Å². The summed E-state index contributed by atoms with van der Waals surface area (Å²) in [6.07, 6.45) is 0.840. The molecule has 1 aromatic heterocycles. The van der Waals surface area contributed by atoms with E-state index in [9.17, 15) is 9.59 Å². The minimum Gasteiger partial charge on any atom is -0.368 e. The number of carbonyl (C=O) groups is 2. The Morgan fingerprint density at radius 2 is 1.85 bits per heavy atom. The molecule has 0 fully saturated rings. The van der Waals surface area contributed by atoms with Crippen LogP contribution in [0.5, 0.6) is 0 Å². The molecule has 3 aromatic rings. The highest BCUT2D eigenvalue weighted by Gasteiger charge is 2.45. The molecule has 1 unspecified atom stereocenters. The lowest BCUT2D eigenvalue weighted by Gasteiger charge is -2.38. The SMILES string of the molecule is CCC(=O)NC(Cc1nc(C)c(-c2ccc(C#N)cc2)s1)(C(N)=O)[C@H](CN)Cc1ccccc1. The van der Waals surface area contributed by atoms with Crippen LogP contribution in [0.4, 0.5) is 0 Å². The number of nitrogens with two attached hydrogens (primary N) is 2. The zero-order valence-electron chi connectivity index (χ0n) is 19.4. The molecule has 0 aliphatic heterocycles. The second-order valence-corrected chi connectivity index (χ2v) is 9.33. The molecule has 3 rings (SSSR count). The molecule has 34 heavy (non-hydrogen) atoms. The molecule has 2 atom stereocenters. The van der Waals surface area contributed by atoms with E-state index in [1.165, 1.54) is 11.3 Å². The van der Waals surface area contributed by atoms with Crippen LogP contribution in [0.25, 0.3) is 10.4 Å². The van der Waals surface area contributed by atoms with Crippen LogP contribution in [0.3, 0.4) is 0 Å². The number of benzene rings is 2. The monoisotopic (exact) mass is 475 g/mol. The van der Waals surface area contributed by atoms with E-state index in [0.717, 1.165) is 21.7 Å². The summed E-state index contributed by atoms with van der Waals surface area (Å²) in [7, 11) is 0. The largest absolute Gasteiger partial charge is 0.368 e. The second-order valence-electron chi connectivity index (χ2n) is 8.25. The number of nitrogens with one attached hydrogen (secondary N) is 1.